The molecule has 2 bridgehead atoms. The first kappa shape index (κ1) is 16.6. The van der Waals surface area contributed by atoms with Gasteiger partial charge in [0.15, 0.2) is 0 Å². The Morgan fingerprint density at radius 1 is 1.09 bits per heavy atom. The van der Waals surface area contributed by atoms with Crippen LogP contribution in [0.15, 0.2) is 42.5 Å². The lowest BCUT2D eigenvalue weighted by Crippen LogP contribution is -2.27. The molecule has 4 atom stereocenters. The van der Waals surface area contributed by atoms with E-state index in [4.69, 9.17) is 9.05 Å². The van der Waals surface area contributed by atoms with Gasteiger partial charge in [0, 0.05) is 11.8 Å². The van der Waals surface area contributed by atoms with Crippen molar-refractivity contribution in [1.82, 2.24) is 0 Å². The molecule has 4 nitrogen and oxygen atoms in total. The summed E-state index contributed by atoms with van der Waals surface area (Å²) in [4.78, 5) is 13.1. The Labute approximate surface area is 137 Å². The van der Waals surface area contributed by atoms with E-state index in [-0.39, 0.29) is 36.5 Å². The van der Waals surface area contributed by atoms with Crippen molar-refractivity contribution in [2.45, 2.75) is 26.2 Å². The number of hydrogen-bond acceptors (Lipinski definition) is 4. The topological polar surface area (TPSA) is 52.6 Å². The fourth-order valence-electron chi connectivity index (χ4n) is 3.98. The molecule has 0 spiro atoms. The third kappa shape index (κ3) is 2.96. The molecule has 0 radical (unpaired) electrons. The summed E-state index contributed by atoms with van der Waals surface area (Å²) in [7, 11) is -3.72. The summed E-state index contributed by atoms with van der Waals surface area (Å²) < 4.78 is 23.5. The van der Waals surface area contributed by atoms with Gasteiger partial charge in [-0.2, -0.15) is 0 Å². The average Bonchev–Trinajstić information content (AvgIpc) is 3.16. The molecule has 0 saturated heterocycles. The third-order valence-corrected chi connectivity index (χ3v) is 6.83. The second-order valence-electron chi connectivity index (χ2n) is 6.08. The van der Waals surface area contributed by atoms with E-state index in [2.05, 4.69) is 12.2 Å². The van der Waals surface area contributed by atoms with Crippen molar-refractivity contribution in [3.05, 3.63) is 48.0 Å². The van der Waals surface area contributed by atoms with Crippen LogP contribution in [0.1, 0.15) is 31.7 Å². The van der Waals surface area contributed by atoms with Crippen LogP contribution in [0.25, 0.3) is 0 Å². The highest BCUT2D eigenvalue weighted by Crippen LogP contribution is 2.61. The van der Waals surface area contributed by atoms with Crippen molar-refractivity contribution in [2.24, 2.45) is 17.8 Å². The Morgan fingerprint density at radius 2 is 1.70 bits per heavy atom. The van der Waals surface area contributed by atoms with Gasteiger partial charge >= 0.3 is 7.60 Å². The van der Waals surface area contributed by atoms with Crippen LogP contribution in [-0.4, -0.2) is 18.7 Å². The standard InChI is InChI=1S/C18H23O4P/c1-3-21-23(20,22-4-2)18(19)17-15-11-10-14(12-15)16(17)13-8-6-5-7-9-13/h5-11,14-17H,3-4,12H2,1-2H3/t14-,15+,16+,17+/m0/s1. The number of hydrogen-bond donors (Lipinski definition) is 0. The summed E-state index contributed by atoms with van der Waals surface area (Å²) in [5, 5.41) is 0. The molecule has 2 aliphatic rings. The predicted octanol–water partition coefficient (Wildman–Crippen LogP) is 4.39. The highest BCUT2D eigenvalue weighted by molar-refractivity contribution is 7.71. The molecule has 0 unspecified atom stereocenters. The van der Waals surface area contributed by atoms with E-state index in [1.807, 2.05) is 30.3 Å². The Bertz CT molecular complexity index is 630. The van der Waals surface area contributed by atoms with E-state index >= 15 is 0 Å². The lowest BCUT2D eigenvalue weighted by molar-refractivity contribution is -0.118. The van der Waals surface area contributed by atoms with Crippen LogP contribution in [0, 0.1) is 17.8 Å². The van der Waals surface area contributed by atoms with Gasteiger partial charge in [0.25, 0.3) is 0 Å². The molecule has 2 aliphatic carbocycles. The van der Waals surface area contributed by atoms with Crippen LogP contribution in [-0.2, 0) is 18.4 Å². The van der Waals surface area contributed by atoms with Crippen molar-refractivity contribution in [3.63, 3.8) is 0 Å². The Hall–Kier alpha value is -1.22. The van der Waals surface area contributed by atoms with E-state index in [1.165, 1.54) is 0 Å². The van der Waals surface area contributed by atoms with E-state index in [1.54, 1.807) is 13.8 Å². The second-order valence-corrected chi connectivity index (χ2v) is 8.03. The van der Waals surface area contributed by atoms with Gasteiger partial charge in [-0.3, -0.25) is 9.36 Å². The molecule has 1 fully saturated rings. The lowest BCUT2D eigenvalue weighted by Gasteiger charge is -2.29. The maximum atomic E-state index is 13.1. The van der Waals surface area contributed by atoms with Crippen LogP contribution in [0.5, 0.6) is 0 Å². The minimum absolute atomic E-state index is 0.0629. The minimum atomic E-state index is -3.72. The first-order valence-electron chi connectivity index (χ1n) is 8.27. The smallest absolute Gasteiger partial charge is 0.303 e. The summed E-state index contributed by atoms with van der Waals surface area (Å²) in [6.07, 6.45) is 5.22. The summed E-state index contributed by atoms with van der Waals surface area (Å²) in [6, 6.07) is 10.0. The highest BCUT2D eigenvalue weighted by atomic mass is 31.2. The van der Waals surface area contributed by atoms with Gasteiger partial charge in [0.2, 0.25) is 5.52 Å². The predicted molar refractivity (Wildman–Crippen MR) is 89.3 cm³/mol. The van der Waals surface area contributed by atoms with E-state index in [0.29, 0.717) is 5.92 Å². The van der Waals surface area contributed by atoms with Crippen molar-refractivity contribution in [3.8, 4) is 0 Å². The second kappa shape index (κ2) is 6.72. The molecule has 1 aromatic rings. The molecule has 0 amide bonds. The van der Waals surface area contributed by atoms with Crippen LogP contribution in [0.4, 0.5) is 0 Å². The van der Waals surface area contributed by atoms with Gasteiger partial charge in [-0.05, 0) is 37.7 Å². The Morgan fingerprint density at radius 3 is 2.30 bits per heavy atom. The van der Waals surface area contributed by atoms with Crippen molar-refractivity contribution < 1.29 is 18.4 Å². The molecule has 124 valence electrons. The molecule has 1 saturated carbocycles. The SMILES string of the molecule is CCOP(=O)(OCC)C(=O)[C@H]1[C@H](c2ccccc2)[C@H]2C=C[C@@H]1C2. The molecule has 1 aromatic carbocycles. The summed E-state index contributed by atoms with van der Waals surface area (Å²) in [5.41, 5.74) is 0.772. The zero-order valence-corrected chi connectivity index (χ0v) is 14.4. The average molecular weight is 334 g/mol. The minimum Gasteiger partial charge on any atom is -0.303 e. The summed E-state index contributed by atoms with van der Waals surface area (Å²) >= 11 is 0. The summed E-state index contributed by atoms with van der Waals surface area (Å²) in [6.45, 7) is 3.87. The third-order valence-electron chi connectivity index (χ3n) is 4.80. The zero-order chi connectivity index (χ0) is 16.4. The van der Waals surface area contributed by atoms with E-state index < -0.39 is 7.60 Å². The fraction of sp³-hybridized carbons (Fsp3) is 0.500. The van der Waals surface area contributed by atoms with Gasteiger partial charge in [0.05, 0.1) is 13.2 Å². The van der Waals surface area contributed by atoms with Gasteiger partial charge < -0.3 is 9.05 Å². The van der Waals surface area contributed by atoms with Crippen LogP contribution < -0.4 is 0 Å². The number of carbonyl (C=O) groups excluding carboxylic acids is 1. The fourth-order valence-corrected chi connectivity index (χ4v) is 5.70. The zero-order valence-electron chi connectivity index (χ0n) is 13.6. The van der Waals surface area contributed by atoms with Crippen molar-refractivity contribution >= 4 is 13.1 Å². The van der Waals surface area contributed by atoms with Gasteiger partial charge in [-0.25, -0.2) is 0 Å². The molecule has 0 aliphatic heterocycles. The molecule has 0 aromatic heterocycles. The van der Waals surface area contributed by atoms with Gasteiger partial charge in [-0.1, -0.05) is 42.5 Å². The number of benzene rings is 1. The number of allylic oxidation sites excluding steroid dienone is 2. The van der Waals surface area contributed by atoms with Crippen LogP contribution in [0.3, 0.4) is 0 Å². The van der Waals surface area contributed by atoms with E-state index in [0.717, 1.165) is 12.0 Å². The number of carbonyl (C=O) groups is 1. The van der Waals surface area contributed by atoms with Crippen molar-refractivity contribution in [2.75, 3.05) is 13.2 Å². The van der Waals surface area contributed by atoms with Gasteiger partial charge in [-0.15, -0.1) is 0 Å². The highest BCUT2D eigenvalue weighted by Gasteiger charge is 2.53. The first-order chi connectivity index (χ1) is 11.1. The van der Waals surface area contributed by atoms with Crippen LogP contribution >= 0.6 is 7.60 Å². The maximum Gasteiger partial charge on any atom is 0.397 e. The first-order valence-corrected chi connectivity index (χ1v) is 9.81. The summed E-state index contributed by atoms with van der Waals surface area (Å²) in [5.74, 6) is 0.198. The number of rotatable bonds is 7. The molecule has 0 heterocycles. The van der Waals surface area contributed by atoms with Crippen LogP contribution in [0.2, 0.25) is 0 Å². The molecular weight excluding hydrogens is 311 g/mol. The Kier molecular flexibility index (Phi) is 4.86. The molecule has 5 heteroatoms. The van der Waals surface area contributed by atoms with E-state index in [9.17, 15) is 9.36 Å². The molecule has 23 heavy (non-hydrogen) atoms. The number of fused-ring (bicyclic) bond motifs is 2. The maximum absolute atomic E-state index is 13.1. The largest absolute Gasteiger partial charge is 0.397 e. The normalized spacial score (nSPS) is 29.1. The van der Waals surface area contributed by atoms with Gasteiger partial charge in [0.1, 0.15) is 0 Å². The monoisotopic (exact) mass is 334 g/mol. The van der Waals surface area contributed by atoms with Crippen molar-refractivity contribution in [1.29, 1.82) is 0 Å². The molecule has 0 N–H and O–H groups in total. The lowest BCUT2D eigenvalue weighted by atomic mass is 9.79. The molecule has 3 rings (SSSR count). The Balaban J connectivity index is 1.94. The quantitative estimate of drug-likeness (QED) is 0.548. The molecular formula is C18H23O4P.